The first kappa shape index (κ1) is 17.2. The summed E-state index contributed by atoms with van der Waals surface area (Å²) in [6.07, 6.45) is 4.42. The van der Waals surface area contributed by atoms with E-state index in [1.54, 1.807) is 0 Å². The molecule has 1 amide bonds. The molecule has 3 atom stereocenters. The van der Waals surface area contributed by atoms with Gasteiger partial charge in [0.25, 0.3) is 5.91 Å². The van der Waals surface area contributed by atoms with E-state index in [1.165, 1.54) is 17.0 Å². The second-order valence-corrected chi connectivity index (χ2v) is 7.58. The first-order valence-corrected chi connectivity index (χ1v) is 9.34. The highest BCUT2D eigenvalue weighted by Crippen LogP contribution is 2.19. The van der Waals surface area contributed by atoms with Crippen molar-refractivity contribution in [3.63, 3.8) is 0 Å². The van der Waals surface area contributed by atoms with Crippen LogP contribution in [-0.4, -0.2) is 23.6 Å². The van der Waals surface area contributed by atoms with E-state index in [0.717, 1.165) is 23.0 Å². The molecule has 24 heavy (non-hydrogen) atoms. The van der Waals surface area contributed by atoms with Gasteiger partial charge in [-0.3, -0.25) is 4.79 Å². The van der Waals surface area contributed by atoms with Crippen molar-refractivity contribution in [2.75, 3.05) is 13.1 Å². The third-order valence-electron chi connectivity index (χ3n) is 4.96. The van der Waals surface area contributed by atoms with Crippen LogP contribution >= 0.6 is 15.9 Å². The van der Waals surface area contributed by atoms with Crippen molar-refractivity contribution >= 4 is 21.8 Å². The second-order valence-electron chi connectivity index (χ2n) is 6.66. The molecule has 1 unspecified atom stereocenters. The fraction of sp³-hybridized carbons (Fsp3) is 0.421. The summed E-state index contributed by atoms with van der Waals surface area (Å²) in [6, 6.07) is 12.8. The zero-order valence-corrected chi connectivity index (χ0v) is 15.8. The Morgan fingerprint density at radius 3 is 2.79 bits per heavy atom. The van der Waals surface area contributed by atoms with Gasteiger partial charge in [-0.2, -0.15) is 0 Å². The molecule has 0 aliphatic carbocycles. The first-order valence-electron chi connectivity index (χ1n) is 8.55. The Bertz CT molecular complexity index is 695. The lowest BCUT2D eigenvalue weighted by atomic mass is 10.1. The van der Waals surface area contributed by atoms with E-state index in [2.05, 4.69) is 51.2 Å². The highest BCUT2D eigenvalue weighted by Gasteiger charge is 2.33. The van der Waals surface area contributed by atoms with E-state index in [4.69, 9.17) is 0 Å². The summed E-state index contributed by atoms with van der Waals surface area (Å²) in [6.45, 7) is 3.64. The fourth-order valence-corrected chi connectivity index (χ4v) is 3.91. The molecule has 1 aliphatic heterocycles. The van der Waals surface area contributed by atoms with Crippen LogP contribution in [0.4, 0.5) is 0 Å². The van der Waals surface area contributed by atoms with E-state index in [9.17, 15) is 4.79 Å². The molecule has 2 N–H and O–H groups in total. The van der Waals surface area contributed by atoms with Gasteiger partial charge in [-0.1, -0.05) is 28.1 Å². The quantitative estimate of drug-likeness (QED) is 0.807. The van der Waals surface area contributed by atoms with Gasteiger partial charge in [-0.15, -0.1) is 0 Å². The second kappa shape index (κ2) is 7.53. The molecule has 2 heterocycles. The Kier molecular flexibility index (Phi) is 5.41. The predicted octanol–water partition coefficient (Wildman–Crippen LogP) is 2.38. The van der Waals surface area contributed by atoms with Crippen LogP contribution < -0.4 is 10.2 Å². The summed E-state index contributed by atoms with van der Waals surface area (Å²) >= 11 is 3.44. The van der Waals surface area contributed by atoms with Gasteiger partial charge in [0.15, 0.2) is 6.54 Å². The Hall–Kier alpha value is -1.59. The Morgan fingerprint density at radius 1 is 1.38 bits per heavy atom. The molecular formula is C19H25BrN3O+. The van der Waals surface area contributed by atoms with Gasteiger partial charge >= 0.3 is 0 Å². The smallest absolute Gasteiger partial charge is 0.275 e. The Labute approximate surface area is 152 Å². The molecule has 1 aromatic carbocycles. The molecule has 1 fully saturated rings. The number of likely N-dealkylation sites (tertiary alicyclic amines) is 1. The molecule has 1 saturated heterocycles. The van der Waals surface area contributed by atoms with E-state index in [0.29, 0.717) is 12.6 Å². The van der Waals surface area contributed by atoms with Gasteiger partial charge in [-0.25, -0.2) is 0 Å². The number of quaternary nitrogens is 1. The molecule has 2 aromatic rings. The molecule has 1 aromatic heterocycles. The van der Waals surface area contributed by atoms with Gasteiger partial charge in [-0.05, 0) is 36.8 Å². The lowest BCUT2D eigenvalue weighted by Gasteiger charge is -2.23. The minimum atomic E-state index is 0.0288. The molecule has 5 heteroatoms. The van der Waals surface area contributed by atoms with Gasteiger partial charge in [0.1, 0.15) is 6.04 Å². The van der Waals surface area contributed by atoms with Crippen LogP contribution in [0.3, 0.4) is 0 Å². The van der Waals surface area contributed by atoms with Crippen molar-refractivity contribution in [2.45, 2.75) is 31.8 Å². The summed E-state index contributed by atoms with van der Waals surface area (Å²) < 4.78 is 3.23. The van der Waals surface area contributed by atoms with Crippen LogP contribution in [-0.2, 0) is 11.8 Å². The van der Waals surface area contributed by atoms with Crippen LogP contribution in [0.15, 0.2) is 47.1 Å². The van der Waals surface area contributed by atoms with Crippen molar-refractivity contribution in [2.24, 2.45) is 7.05 Å². The van der Waals surface area contributed by atoms with Gasteiger partial charge in [0.05, 0.1) is 18.3 Å². The third kappa shape index (κ3) is 3.90. The average Bonchev–Trinajstić information content (AvgIpc) is 3.16. The lowest BCUT2D eigenvalue weighted by Crippen LogP contribution is -3.11. The van der Waals surface area contributed by atoms with Crippen molar-refractivity contribution in [3.05, 3.63) is 58.3 Å². The summed E-state index contributed by atoms with van der Waals surface area (Å²) in [5.74, 6) is 0.126. The van der Waals surface area contributed by atoms with Gasteiger partial charge in [0, 0.05) is 30.6 Å². The molecule has 0 spiro atoms. The van der Waals surface area contributed by atoms with Gasteiger partial charge < -0.3 is 14.8 Å². The molecule has 4 nitrogen and oxygen atoms in total. The Balaban J connectivity index is 1.60. The SMILES string of the molecule is C[C@H](NC(=O)C[NH+]1CCC[C@@H]1c1cccn1C)c1ccc(Br)cc1. The number of aromatic nitrogens is 1. The topological polar surface area (TPSA) is 38.5 Å². The Morgan fingerprint density at radius 2 is 2.12 bits per heavy atom. The number of carbonyl (C=O) groups is 1. The summed E-state index contributed by atoms with van der Waals surface area (Å²) in [7, 11) is 2.08. The maximum atomic E-state index is 12.5. The lowest BCUT2D eigenvalue weighted by molar-refractivity contribution is -0.911. The first-order chi connectivity index (χ1) is 11.5. The van der Waals surface area contributed by atoms with E-state index < -0.39 is 0 Å². The molecule has 128 valence electrons. The number of nitrogens with one attached hydrogen (secondary N) is 2. The number of aryl methyl sites for hydroxylation is 1. The van der Waals surface area contributed by atoms with Crippen LogP contribution in [0.25, 0.3) is 0 Å². The van der Waals surface area contributed by atoms with E-state index >= 15 is 0 Å². The molecule has 0 bridgehead atoms. The van der Waals surface area contributed by atoms with Crippen LogP contribution in [0.1, 0.15) is 43.1 Å². The van der Waals surface area contributed by atoms with Crippen LogP contribution in [0.2, 0.25) is 0 Å². The largest absolute Gasteiger partial charge is 0.350 e. The maximum Gasteiger partial charge on any atom is 0.275 e. The molecule has 3 rings (SSSR count). The molecule has 1 aliphatic rings. The number of halogens is 1. The highest BCUT2D eigenvalue weighted by atomic mass is 79.9. The third-order valence-corrected chi connectivity index (χ3v) is 5.49. The molecule has 0 radical (unpaired) electrons. The number of amides is 1. The number of hydrogen-bond donors (Lipinski definition) is 2. The fourth-order valence-electron chi connectivity index (χ4n) is 3.65. The highest BCUT2D eigenvalue weighted by molar-refractivity contribution is 9.10. The molecular weight excluding hydrogens is 366 g/mol. The standard InChI is InChI=1S/C19H24BrN3O/c1-14(15-7-9-16(20)10-8-15)21-19(24)13-23-12-4-6-18(23)17-5-3-11-22(17)2/h3,5,7-11,14,18H,4,6,12-13H2,1-2H3,(H,21,24)/p+1/t14-,18+/m0/s1. The maximum absolute atomic E-state index is 12.5. The number of nitrogens with zero attached hydrogens (tertiary/aromatic N) is 1. The number of carbonyl (C=O) groups excluding carboxylic acids is 1. The van der Waals surface area contributed by atoms with Crippen molar-refractivity contribution in [1.82, 2.24) is 9.88 Å². The van der Waals surface area contributed by atoms with Crippen LogP contribution in [0, 0.1) is 0 Å². The summed E-state index contributed by atoms with van der Waals surface area (Å²) in [5, 5.41) is 3.14. The minimum absolute atomic E-state index is 0.0288. The summed E-state index contributed by atoms with van der Waals surface area (Å²) in [5.41, 5.74) is 2.46. The molecule has 0 saturated carbocycles. The number of rotatable bonds is 5. The zero-order chi connectivity index (χ0) is 17.1. The normalized spacial score (nSPS) is 21.6. The van der Waals surface area contributed by atoms with Crippen LogP contribution in [0.5, 0.6) is 0 Å². The van der Waals surface area contributed by atoms with Gasteiger partial charge in [0.2, 0.25) is 0 Å². The van der Waals surface area contributed by atoms with E-state index in [1.807, 2.05) is 31.2 Å². The number of benzene rings is 1. The van der Waals surface area contributed by atoms with Crippen molar-refractivity contribution < 1.29 is 9.69 Å². The summed E-state index contributed by atoms with van der Waals surface area (Å²) in [4.78, 5) is 13.9. The minimum Gasteiger partial charge on any atom is -0.350 e. The van der Waals surface area contributed by atoms with Crippen molar-refractivity contribution in [3.8, 4) is 0 Å². The van der Waals surface area contributed by atoms with Crippen molar-refractivity contribution in [1.29, 1.82) is 0 Å². The average molecular weight is 391 g/mol. The number of hydrogen-bond acceptors (Lipinski definition) is 1. The zero-order valence-electron chi connectivity index (χ0n) is 14.3. The monoisotopic (exact) mass is 390 g/mol. The van der Waals surface area contributed by atoms with E-state index in [-0.39, 0.29) is 11.9 Å². The predicted molar refractivity (Wildman–Crippen MR) is 98.8 cm³/mol.